The molecule has 0 unspecified atom stereocenters. The Morgan fingerprint density at radius 3 is 2.48 bits per heavy atom. The molecule has 4 nitrogen and oxygen atoms in total. The van der Waals surface area contributed by atoms with Crippen molar-refractivity contribution in [3.05, 3.63) is 65.7 Å². The molecule has 2 aromatic rings. The molecular formula is C24H28N3OS+. The molecule has 0 bridgehead atoms. The van der Waals surface area contributed by atoms with Crippen LogP contribution in [0.15, 0.2) is 54.6 Å². The molecule has 0 aromatic heterocycles. The zero-order valence-corrected chi connectivity index (χ0v) is 18.1. The molecule has 0 fully saturated rings. The number of rotatable bonds is 3. The van der Waals surface area contributed by atoms with Crippen LogP contribution in [0.5, 0.6) is 0 Å². The van der Waals surface area contributed by atoms with E-state index in [2.05, 4.69) is 73.5 Å². The number of carbonyl (C=O) groups excluding carboxylic acids is 1. The Labute approximate surface area is 178 Å². The summed E-state index contributed by atoms with van der Waals surface area (Å²) in [5.74, 6) is 0.882. The van der Waals surface area contributed by atoms with E-state index in [9.17, 15) is 4.79 Å². The molecule has 2 N–H and O–H groups in total. The number of fused-ring (bicyclic) bond motifs is 1. The number of nitrogens with one attached hydrogen (secondary N) is 2. The molecule has 1 atom stereocenters. The fourth-order valence-corrected chi connectivity index (χ4v) is 5.21. The lowest BCUT2D eigenvalue weighted by Gasteiger charge is -2.51. The molecule has 0 radical (unpaired) electrons. The summed E-state index contributed by atoms with van der Waals surface area (Å²) < 4.78 is 0. The Hall–Kier alpha value is -2.53. The smallest absolute Gasteiger partial charge is 0.282 e. The Morgan fingerprint density at radius 1 is 1.10 bits per heavy atom. The van der Waals surface area contributed by atoms with Gasteiger partial charge in [-0.2, -0.15) is 0 Å². The van der Waals surface area contributed by atoms with Crippen LogP contribution in [-0.4, -0.2) is 35.2 Å². The van der Waals surface area contributed by atoms with Crippen LogP contribution >= 0.6 is 12.2 Å². The quantitative estimate of drug-likeness (QED) is 0.770. The Balaban J connectivity index is 1.70. The average molecular weight is 407 g/mol. The molecule has 29 heavy (non-hydrogen) atoms. The maximum absolute atomic E-state index is 13.4. The number of hydrogen-bond donors (Lipinski definition) is 2. The van der Waals surface area contributed by atoms with Crippen molar-refractivity contribution in [3.8, 4) is 0 Å². The van der Waals surface area contributed by atoms with Crippen molar-refractivity contribution in [3.63, 3.8) is 0 Å². The van der Waals surface area contributed by atoms with Crippen molar-refractivity contribution >= 4 is 34.5 Å². The Morgan fingerprint density at radius 2 is 1.79 bits per heavy atom. The van der Waals surface area contributed by atoms with E-state index in [4.69, 9.17) is 12.2 Å². The Kier molecular flexibility index (Phi) is 5.03. The summed E-state index contributed by atoms with van der Waals surface area (Å²) in [6.45, 7) is 7.67. The third-order valence-corrected chi connectivity index (χ3v) is 6.55. The molecule has 4 rings (SSSR count). The largest absolute Gasteiger partial charge is 0.303 e. The van der Waals surface area contributed by atoms with Crippen LogP contribution in [-0.2, 0) is 10.2 Å². The molecule has 0 aliphatic carbocycles. The van der Waals surface area contributed by atoms with Crippen molar-refractivity contribution in [1.29, 1.82) is 0 Å². The second kappa shape index (κ2) is 7.38. The van der Waals surface area contributed by atoms with Crippen molar-refractivity contribution in [2.45, 2.75) is 44.6 Å². The lowest BCUT2D eigenvalue weighted by molar-refractivity contribution is -0.449. The Bertz CT molecular complexity index is 983. The number of para-hydroxylation sites is 1. The van der Waals surface area contributed by atoms with Gasteiger partial charge in [0.2, 0.25) is 0 Å². The molecule has 150 valence electrons. The number of thiocarbonyl (C=S) groups is 1. The number of carbonyl (C=O) groups is 1. The SMILES string of the molecule is CC1(C)C[C@](C)(c2ccccc2)c2ccccc2N1C(=O)CNC1=[NH+]CCC1=S. The molecular weight excluding hydrogens is 378 g/mol. The van der Waals surface area contributed by atoms with Crippen LogP contribution in [0.4, 0.5) is 5.69 Å². The maximum Gasteiger partial charge on any atom is 0.282 e. The standard InChI is InChI=1S/C24H27N3OS/c1-23(2)16-24(3,17-9-5-4-6-10-17)18-11-7-8-12-19(18)27(23)21(28)15-26-22-20(29)13-14-25-22/h4-12H,13-16H2,1-3H3,(H,25,26)/p+1/t24-/m1/s1. The van der Waals surface area contributed by atoms with E-state index in [1.54, 1.807) is 0 Å². The monoisotopic (exact) mass is 406 g/mol. The van der Waals surface area contributed by atoms with Gasteiger partial charge in [0, 0.05) is 23.1 Å². The van der Waals surface area contributed by atoms with Crippen molar-refractivity contribution in [2.75, 3.05) is 18.0 Å². The molecule has 2 aromatic carbocycles. The number of amidine groups is 1. The number of nitrogens with zero attached hydrogens (tertiary/aromatic N) is 1. The van der Waals surface area contributed by atoms with Gasteiger partial charge >= 0.3 is 0 Å². The van der Waals surface area contributed by atoms with Gasteiger partial charge in [0.25, 0.3) is 11.7 Å². The van der Waals surface area contributed by atoms with Gasteiger partial charge in [-0.15, -0.1) is 0 Å². The van der Waals surface area contributed by atoms with Crippen molar-refractivity contribution < 1.29 is 9.79 Å². The van der Waals surface area contributed by atoms with E-state index >= 15 is 0 Å². The zero-order valence-electron chi connectivity index (χ0n) is 17.3. The first-order chi connectivity index (χ1) is 13.8. The highest BCUT2D eigenvalue weighted by molar-refractivity contribution is 7.82. The molecule has 0 saturated heterocycles. The van der Waals surface area contributed by atoms with Crippen molar-refractivity contribution in [2.24, 2.45) is 0 Å². The molecule has 2 heterocycles. The molecule has 1 amide bonds. The predicted octanol–water partition coefficient (Wildman–Crippen LogP) is 2.35. The van der Waals surface area contributed by atoms with E-state index in [0.29, 0.717) is 0 Å². The molecule has 5 heteroatoms. The van der Waals surface area contributed by atoms with Crippen LogP contribution in [0.2, 0.25) is 0 Å². The summed E-state index contributed by atoms with van der Waals surface area (Å²) in [4.78, 5) is 19.4. The lowest BCUT2D eigenvalue weighted by atomic mass is 9.65. The van der Waals surface area contributed by atoms with E-state index in [-0.39, 0.29) is 23.4 Å². The van der Waals surface area contributed by atoms with Crippen molar-refractivity contribution in [1.82, 2.24) is 5.32 Å². The first-order valence-electron chi connectivity index (χ1n) is 10.2. The first-order valence-corrected chi connectivity index (χ1v) is 10.6. The van der Waals surface area contributed by atoms with Gasteiger partial charge in [-0.05, 0) is 37.5 Å². The highest BCUT2D eigenvalue weighted by atomic mass is 32.1. The summed E-state index contributed by atoms with van der Waals surface area (Å²) >= 11 is 5.35. The van der Waals surface area contributed by atoms with Gasteiger partial charge in [-0.25, -0.2) is 0 Å². The number of amides is 1. The van der Waals surface area contributed by atoms with E-state index in [1.165, 1.54) is 11.1 Å². The molecule has 2 aliphatic rings. The van der Waals surface area contributed by atoms with Gasteiger partial charge in [0.15, 0.2) is 6.54 Å². The third kappa shape index (κ3) is 3.48. The van der Waals surface area contributed by atoms with Gasteiger partial charge in [0.05, 0.1) is 6.54 Å². The highest BCUT2D eigenvalue weighted by Crippen LogP contribution is 2.50. The zero-order chi connectivity index (χ0) is 20.6. The lowest BCUT2D eigenvalue weighted by Crippen LogP contribution is -2.73. The summed E-state index contributed by atoms with van der Waals surface area (Å²) in [6.07, 6.45) is 1.69. The van der Waals surface area contributed by atoms with E-state index in [0.717, 1.165) is 35.8 Å². The molecule has 0 saturated carbocycles. The summed E-state index contributed by atoms with van der Waals surface area (Å²) in [5.41, 5.74) is 2.98. The van der Waals surface area contributed by atoms with Gasteiger partial charge in [-0.1, -0.05) is 67.7 Å². The first kappa shape index (κ1) is 19.8. The molecule has 2 aliphatic heterocycles. The topological polar surface area (TPSA) is 46.3 Å². The van der Waals surface area contributed by atoms with E-state index < -0.39 is 0 Å². The molecule has 0 spiro atoms. The number of anilines is 1. The minimum atomic E-state index is -0.327. The minimum absolute atomic E-state index is 0.0570. The van der Waals surface area contributed by atoms with Crippen LogP contribution in [0, 0.1) is 0 Å². The van der Waals surface area contributed by atoms with Gasteiger partial charge in [-0.3, -0.25) is 15.1 Å². The average Bonchev–Trinajstić information content (AvgIpc) is 3.11. The highest BCUT2D eigenvalue weighted by Gasteiger charge is 2.47. The van der Waals surface area contributed by atoms with Gasteiger partial charge in [0.1, 0.15) is 4.86 Å². The fourth-order valence-electron chi connectivity index (χ4n) is 4.97. The summed E-state index contributed by atoms with van der Waals surface area (Å²) in [6, 6.07) is 18.9. The van der Waals surface area contributed by atoms with Crippen LogP contribution in [0.3, 0.4) is 0 Å². The second-order valence-corrected chi connectivity index (χ2v) is 9.25. The normalized spacial score (nSPS) is 22.8. The predicted molar refractivity (Wildman–Crippen MR) is 122 cm³/mol. The van der Waals surface area contributed by atoms with E-state index in [1.807, 2.05) is 17.0 Å². The second-order valence-electron chi connectivity index (χ2n) is 8.76. The van der Waals surface area contributed by atoms with Crippen LogP contribution in [0.1, 0.15) is 44.7 Å². The van der Waals surface area contributed by atoms with Gasteiger partial charge < -0.3 is 4.90 Å². The minimum Gasteiger partial charge on any atom is -0.303 e. The number of hydrogen-bond acceptors (Lipinski definition) is 3. The fraction of sp³-hybridized carbons (Fsp3) is 0.375. The van der Waals surface area contributed by atoms with Crippen LogP contribution in [0.25, 0.3) is 0 Å². The van der Waals surface area contributed by atoms with Crippen LogP contribution < -0.4 is 15.2 Å². The number of benzene rings is 2. The summed E-state index contributed by atoms with van der Waals surface area (Å²) in [7, 11) is 0. The summed E-state index contributed by atoms with van der Waals surface area (Å²) in [5, 5.41) is 3.22. The third-order valence-electron chi connectivity index (χ3n) is 6.14. The maximum atomic E-state index is 13.4.